The summed E-state index contributed by atoms with van der Waals surface area (Å²) in [6.45, 7) is 0. The summed E-state index contributed by atoms with van der Waals surface area (Å²) >= 11 is 0. The molecule has 46 heavy (non-hydrogen) atoms. The van der Waals surface area contributed by atoms with Gasteiger partial charge in [-0.3, -0.25) is 0 Å². The van der Waals surface area contributed by atoms with Gasteiger partial charge in [0.05, 0.1) is 41.1 Å². The second-order valence-corrected chi connectivity index (χ2v) is 9.75. The molecule has 9 aromatic carbocycles. The average molecular weight is 613 g/mol. The van der Waals surface area contributed by atoms with Crippen molar-refractivity contribution in [3.63, 3.8) is 0 Å². The first-order valence-electron chi connectivity index (χ1n) is 28.5. The Morgan fingerprint density at radius 1 is 0.239 bits per heavy atom. The molecule has 0 aromatic heterocycles. The first-order valence-corrected chi connectivity index (χ1v) is 13.5. The van der Waals surface area contributed by atoms with Crippen molar-refractivity contribution in [3.8, 4) is 44.5 Å². The maximum atomic E-state index is 10.1. The second-order valence-electron chi connectivity index (χ2n) is 9.75. The summed E-state index contributed by atoms with van der Waals surface area (Å²) < 4.78 is 270. The minimum absolute atomic E-state index is 0.617. The van der Waals surface area contributed by atoms with E-state index in [1.807, 2.05) is 0 Å². The molecule has 9 rings (SSSR count). The lowest BCUT2D eigenvalue weighted by Crippen LogP contribution is -1.92. The Morgan fingerprint density at radius 3 is 1.33 bits per heavy atom. The summed E-state index contributed by atoms with van der Waals surface area (Å²) in [5.41, 5.74) is -7.03. The van der Waals surface area contributed by atoms with Crippen LogP contribution in [0.4, 0.5) is 0 Å². The van der Waals surface area contributed by atoms with Crippen LogP contribution in [0.2, 0.25) is 0 Å². The van der Waals surface area contributed by atoms with Crippen LogP contribution in [-0.4, -0.2) is 0 Å². The molecule has 0 heteroatoms. The van der Waals surface area contributed by atoms with Crippen molar-refractivity contribution in [1.29, 1.82) is 0 Å². The predicted octanol–water partition coefficient (Wildman–Crippen LogP) is 13.0. The third-order valence-electron chi connectivity index (χ3n) is 7.12. The highest BCUT2D eigenvalue weighted by atomic mass is 14.2. The van der Waals surface area contributed by atoms with Crippen molar-refractivity contribution < 1.29 is 41.1 Å². The molecule has 0 amide bonds. The minimum Gasteiger partial charge on any atom is -0.0622 e. The van der Waals surface area contributed by atoms with Crippen LogP contribution in [0.5, 0.6) is 0 Å². The Balaban J connectivity index is 1.65. The highest BCUT2D eigenvalue weighted by Gasteiger charge is 2.18. The van der Waals surface area contributed by atoms with E-state index in [0.717, 1.165) is 0 Å². The van der Waals surface area contributed by atoms with Gasteiger partial charge in [0.25, 0.3) is 0 Å². The lowest BCUT2D eigenvalue weighted by Gasteiger charge is -2.19. The number of fused-ring (bicyclic) bond motifs is 4. The lowest BCUT2D eigenvalue weighted by molar-refractivity contribution is 1.61. The van der Waals surface area contributed by atoms with Gasteiger partial charge in [0, 0.05) is 0 Å². The molecule has 0 saturated heterocycles. The smallest absolute Gasteiger partial charge is 0.0622 e. The number of hydrogen-bond donors (Lipinski definition) is 0. The average Bonchev–Trinajstić information content (AvgIpc) is 3.38. The van der Waals surface area contributed by atoms with Crippen LogP contribution in [0.15, 0.2) is 181 Å². The molecular formula is C46H30. The van der Waals surface area contributed by atoms with Crippen LogP contribution < -0.4 is 0 Å². The van der Waals surface area contributed by atoms with Crippen LogP contribution in [0, 0.1) is 0 Å². The largest absolute Gasteiger partial charge is 0.0636 e. The quantitative estimate of drug-likeness (QED) is 0.173. The van der Waals surface area contributed by atoms with Gasteiger partial charge in [0.2, 0.25) is 0 Å². The Labute approximate surface area is 311 Å². The number of rotatable bonds is 4. The molecule has 9 aromatic rings. The van der Waals surface area contributed by atoms with E-state index in [1.165, 1.54) is 0 Å². The van der Waals surface area contributed by atoms with Crippen molar-refractivity contribution in [2.45, 2.75) is 0 Å². The summed E-state index contributed by atoms with van der Waals surface area (Å²) in [6.07, 6.45) is 0. The van der Waals surface area contributed by atoms with Gasteiger partial charge in [0.15, 0.2) is 0 Å². The molecule has 214 valence electrons. The fourth-order valence-electron chi connectivity index (χ4n) is 5.09. The Bertz CT molecular complexity index is 4220. The zero-order valence-corrected chi connectivity index (χ0v) is 23.0. The maximum absolute atomic E-state index is 10.1. The molecule has 0 unspecified atom stereocenters. The van der Waals surface area contributed by atoms with E-state index in [0.29, 0.717) is 0 Å². The molecule has 0 N–H and O–H groups in total. The number of hydrogen-bond acceptors (Lipinski definition) is 0. The van der Waals surface area contributed by atoms with Gasteiger partial charge in [-0.1, -0.05) is 163 Å². The first-order chi connectivity index (χ1) is 35.3. The van der Waals surface area contributed by atoms with E-state index in [9.17, 15) is 17.8 Å². The van der Waals surface area contributed by atoms with Crippen molar-refractivity contribution in [1.82, 2.24) is 0 Å². The van der Waals surface area contributed by atoms with Crippen LogP contribution >= 0.6 is 0 Å². The molecule has 0 aliphatic heterocycles. The Morgan fingerprint density at radius 2 is 0.652 bits per heavy atom. The molecule has 0 aliphatic rings. The molecule has 0 spiro atoms. The molecule has 0 nitrogen and oxygen atoms in total. The van der Waals surface area contributed by atoms with Crippen molar-refractivity contribution in [3.05, 3.63) is 181 Å². The summed E-state index contributed by atoms with van der Waals surface area (Å²) in [4.78, 5) is 0. The topological polar surface area (TPSA) is 0 Å². The molecule has 0 heterocycles. The molecular weight excluding hydrogens is 553 g/mol. The van der Waals surface area contributed by atoms with Gasteiger partial charge in [0.1, 0.15) is 0 Å². The van der Waals surface area contributed by atoms with Gasteiger partial charge < -0.3 is 0 Å². The van der Waals surface area contributed by atoms with E-state index >= 15 is 0 Å². The van der Waals surface area contributed by atoms with Crippen LogP contribution in [0.25, 0.3) is 87.6 Å². The predicted molar refractivity (Wildman–Crippen MR) is 198 cm³/mol. The molecule has 0 atom stereocenters. The number of benzene rings is 9. The zero-order chi connectivity index (χ0) is 56.6. The molecule has 0 aliphatic carbocycles. The fourth-order valence-corrected chi connectivity index (χ4v) is 5.09. The van der Waals surface area contributed by atoms with Crippen molar-refractivity contribution in [2.24, 2.45) is 0 Å². The highest BCUT2D eigenvalue weighted by molar-refractivity contribution is 6.22. The highest BCUT2D eigenvalue weighted by Crippen LogP contribution is 2.45. The fraction of sp³-hybridized carbons (Fsp3) is 0. The van der Waals surface area contributed by atoms with E-state index in [2.05, 4.69) is 0 Å². The van der Waals surface area contributed by atoms with E-state index < -0.39 is 269 Å². The van der Waals surface area contributed by atoms with Crippen molar-refractivity contribution in [2.75, 3.05) is 0 Å². The van der Waals surface area contributed by atoms with Crippen LogP contribution in [0.3, 0.4) is 0 Å². The third-order valence-corrected chi connectivity index (χ3v) is 7.12. The van der Waals surface area contributed by atoms with E-state index in [4.69, 9.17) is 23.3 Å². The normalized spacial score (nSPS) is 20.6. The zero-order valence-electron chi connectivity index (χ0n) is 53.0. The summed E-state index contributed by atoms with van der Waals surface area (Å²) in [6, 6.07) is -29.9. The lowest BCUT2D eigenvalue weighted by atomic mass is 9.84. The standard InChI is InChI=1S/C46H30/c1-2-10-31(11-3-1)34-18-22-35(23-19-34)45-41-16-8-9-17-42(41)46(40-25-21-33-13-5-7-15-37(33)29-40)43-27-26-39(30-44(43)45)38-24-20-32-12-4-6-14-36(32)28-38/h1-30H/i1D,2D,3D,4D,5D,6D,7D,8D,9D,10D,11D,12D,13D,14D,15D,16D,17D,18D,19D,20D,21D,22D,23D,24D,25D,26D,27D,28D,29D,30D. The summed E-state index contributed by atoms with van der Waals surface area (Å²) in [7, 11) is 0. The van der Waals surface area contributed by atoms with E-state index in [1.54, 1.807) is 0 Å². The van der Waals surface area contributed by atoms with Crippen LogP contribution in [0.1, 0.15) is 41.1 Å². The van der Waals surface area contributed by atoms with Gasteiger partial charge in [-0.05, 0) is 106 Å². The van der Waals surface area contributed by atoms with Gasteiger partial charge in [-0.2, -0.15) is 0 Å². The Hall–Kier alpha value is -5.98. The SMILES string of the molecule is [2H]c1c([2H])c([2H])c(-c2c([2H])c([2H])c(-c3c4c([2H])c([2H])c([2H])c([2H])c4c(-c4c([2H])c([2H])c5c([2H])c([2H])c([2H])c([2H])c5c4[2H])c4c([2H])c([2H])c(-c5c([2H])c([2H])c6c([2H])c([2H])c([2H])c([2H])c6c5[2H])c([2H])c34)c([2H])c2[2H])c([2H])c1[2H]. The summed E-state index contributed by atoms with van der Waals surface area (Å²) in [5.74, 6) is 0. The molecule has 0 fully saturated rings. The monoisotopic (exact) mass is 612 g/mol. The molecule has 0 bridgehead atoms. The third kappa shape index (κ3) is 4.47. The minimum atomic E-state index is -1.16. The van der Waals surface area contributed by atoms with Crippen molar-refractivity contribution >= 4 is 43.1 Å². The second kappa shape index (κ2) is 10.9. The molecule has 0 saturated carbocycles. The van der Waals surface area contributed by atoms with E-state index in [-0.39, 0.29) is 0 Å². The van der Waals surface area contributed by atoms with Crippen LogP contribution in [-0.2, 0) is 0 Å². The van der Waals surface area contributed by atoms with Gasteiger partial charge in [-0.25, -0.2) is 0 Å². The first kappa shape index (κ1) is 10.0. The summed E-state index contributed by atoms with van der Waals surface area (Å²) in [5, 5.41) is -6.07. The Kier molecular flexibility index (Phi) is 2.37. The van der Waals surface area contributed by atoms with Gasteiger partial charge >= 0.3 is 0 Å². The maximum Gasteiger partial charge on any atom is 0.0636 e. The van der Waals surface area contributed by atoms with Gasteiger partial charge in [-0.15, -0.1) is 0 Å². The molecule has 0 radical (unpaired) electrons.